The van der Waals surface area contributed by atoms with Gasteiger partial charge in [-0.3, -0.25) is 9.52 Å². The Bertz CT molecular complexity index is 602. The van der Waals surface area contributed by atoms with Crippen molar-refractivity contribution in [2.75, 3.05) is 16.3 Å². The van der Waals surface area contributed by atoms with Crippen LogP contribution in [0.4, 0.5) is 11.4 Å². The Kier molecular flexibility index (Phi) is 5.38. The normalized spacial score (nSPS) is 13.1. The van der Waals surface area contributed by atoms with Crippen LogP contribution < -0.4 is 15.8 Å². The molecule has 1 rings (SSSR count). The number of nitrogens with two attached hydrogens (primary N) is 1. The van der Waals surface area contributed by atoms with E-state index in [-0.39, 0.29) is 22.5 Å². The number of sulfonamides is 1. The smallest absolute Gasteiger partial charge is 0.241 e. The standard InChI is InChI=1S/C12H18ClN3O3S/c1-7(2)11(14)12(17)15-8-4-5-10(9(13)6-8)16-20(3,18)19/h4-7,11,16H,14H2,1-3H3,(H,15,17)/t11-/m0/s1. The highest BCUT2D eigenvalue weighted by molar-refractivity contribution is 7.92. The summed E-state index contributed by atoms with van der Waals surface area (Å²) >= 11 is 5.95. The van der Waals surface area contributed by atoms with E-state index in [0.29, 0.717) is 5.69 Å². The largest absolute Gasteiger partial charge is 0.325 e. The number of hydrogen-bond donors (Lipinski definition) is 3. The van der Waals surface area contributed by atoms with Gasteiger partial charge in [-0.05, 0) is 24.1 Å². The summed E-state index contributed by atoms with van der Waals surface area (Å²) in [4.78, 5) is 11.8. The van der Waals surface area contributed by atoms with Crippen molar-refractivity contribution >= 4 is 38.9 Å². The van der Waals surface area contributed by atoms with Crippen molar-refractivity contribution in [2.24, 2.45) is 11.7 Å². The molecule has 0 saturated carbocycles. The molecular weight excluding hydrogens is 302 g/mol. The van der Waals surface area contributed by atoms with Crippen LogP contribution >= 0.6 is 11.6 Å². The number of anilines is 2. The summed E-state index contributed by atoms with van der Waals surface area (Å²) in [6.07, 6.45) is 1.03. The molecule has 0 fully saturated rings. The van der Waals surface area contributed by atoms with Crippen LogP contribution in [0.25, 0.3) is 0 Å². The fraction of sp³-hybridized carbons (Fsp3) is 0.417. The lowest BCUT2D eigenvalue weighted by Gasteiger charge is -2.16. The molecule has 112 valence electrons. The predicted octanol–water partition coefficient (Wildman–Crippen LogP) is 1.63. The van der Waals surface area contributed by atoms with Gasteiger partial charge >= 0.3 is 0 Å². The van der Waals surface area contributed by atoms with Crippen LogP contribution in [-0.4, -0.2) is 26.6 Å². The van der Waals surface area contributed by atoms with Crippen molar-refractivity contribution in [3.05, 3.63) is 23.2 Å². The Hall–Kier alpha value is -1.31. The van der Waals surface area contributed by atoms with Gasteiger partial charge < -0.3 is 11.1 Å². The van der Waals surface area contributed by atoms with Crippen LogP contribution in [0.3, 0.4) is 0 Å². The van der Waals surface area contributed by atoms with Crippen molar-refractivity contribution in [3.63, 3.8) is 0 Å². The number of carbonyl (C=O) groups excluding carboxylic acids is 1. The quantitative estimate of drug-likeness (QED) is 0.767. The number of hydrogen-bond acceptors (Lipinski definition) is 4. The number of carbonyl (C=O) groups is 1. The number of rotatable bonds is 5. The van der Waals surface area contributed by atoms with E-state index < -0.39 is 16.1 Å². The van der Waals surface area contributed by atoms with Gasteiger partial charge in [-0.15, -0.1) is 0 Å². The molecule has 0 spiro atoms. The van der Waals surface area contributed by atoms with Crippen molar-refractivity contribution < 1.29 is 13.2 Å². The molecule has 1 amide bonds. The number of amides is 1. The molecule has 6 nitrogen and oxygen atoms in total. The molecule has 8 heteroatoms. The van der Waals surface area contributed by atoms with E-state index in [1.165, 1.54) is 12.1 Å². The van der Waals surface area contributed by atoms with Gasteiger partial charge in [0.05, 0.1) is 23.0 Å². The van der Waals surface area contributed by atoms with Gasteiger partial charge in [-0.2, -0.15) is 0 Å². The van der Waals surface area contributed by atoms with Crippen molar-refractivity contribution in [2.45, 2.75) is 19.9 Å². The maximum absolute atomic E-state index is 11.8. The Balaban J connectivity index is 2.85. The minimum atomic E-state index is -3.40. The first kappa shape index (κ1) is 16.7. The first-order chi connectivity index (χ1) is 9.10. The van der Waals surface area contributed by atoms with E-state index in [2.05, 4.69) is 10.0 Å². The Morgan fingerprint density at radius 1 is 1.35 bits per heavy atom. The summed E-state index contributed by atoms with van der Waals surface area (Å²) in [5.41, 5.74) is 6.43. The van der Waals surface area contributed by atoms with E-state index in [1.807, 2.05) is 13.8 Å². The van der Waals surface area contributed by atoms with Gasteiger partial charge in [0, 0.05) is 5.69 Å². The molecule has 0 aliphatic carbocycles. The molecular formula is C12H18ClN3O3S. The van der Waals surface area contributed by atoms with Crippen molar-refractivity contribution in [1.29, 1.82) is 0 Å². The molecule has 0 unspecified atom stereocenters. The molecule has 0 saturated heterocycles. The van der Waals surface area contributed by atoms with E-state index in [9.17, 15) is 13.2 Å². The molecule has 0 heterocycles. The third-order valence-corrected chi connectivity index (χ3v) is 3.46. The summed E-state index contributed by atoms with van der Waals surface area (Å²) in [5, 5.41) is 2.81. The van der Waals surface area contributed by atoms with Gasteiger partial charge in [0.15, 0.2) is 0 Å². The van der Waals surface area contributed by atoms with Crippen LogP contribution in [0, 0.1) is 5.92 Å². The van der Waals surface area contributed by atoms with E-state index in [4.69, 9.17) is 17.3 Å². The molecule has 0 radical (unpaired) electrons. The number of nitrogens with one attached hydrogen (secondary N) is 2. The highest BCUT2D eigenvalue weighted by Crippen LogP contribution is 2.26. The molecule has 20 heavy (non-hydrogen) atoms. The van der Waals surface area contributed by atoms with E-state index >= 15 is 0 Å². The number of benzene rings is 1. The fourth-order valence-corrected chi connectivity index (χ4v) is 2.26. The first-order valence-electron chi connectivity index (χ1n) is 5.94. The van der Waals surface area contributed by atoms with Gasteiger partial charge in [-0.25, -0.2) is 8.42 Å². The molecule has 1 aromatic carbocycles. The van der Waals surface area contributed by atoms with Crippen molar-refractivity contribution in [3.8, 4) is 0 Å². The predicted molar refractivity (Wildman–Crippen MR) is 81.4 cm³/mol. The average molecular weight is 320 g/mol. The highest BCUT2D eigenvalue weighted by atomic mass is 35.5. The van der Waals surface area contributed by atoms with Gasteiger partial charge in [0.2, 0.25) is 15.9 Å². The van der Waals surface area contributed by atoms with E-state index in [0.717, 1.165) is 6.26 Å². The molecule has 0 bridgehead atoms. The Morgan fingerprint density at radius 2 is 1.95 bits per heavy atom. The second-order valence-electron chi connectivity index (χ2n) is 4.83. The van der Waals surface area contributed by atoms with Crippen LogP contribution in [0.2, 0.25) is 5.02 Å². The summed E-state index contributed by atoms with van der Waals surface area (Å²) in [7, 11) is -3.40. The third kappa shape index (κ3) is 4.99. The monoisotopic (exact) mass is 319 g/mol. The topological polar surface area (TPSA) is 101 Å². The Morgan fingerprint density at radius 3 is 2.40 bits per heavy atom. The zero-order valence-corrected chi connectivity index (χ0v) is 13.0. The molecule has 0 aliphatic rings. The van der Waals surface area contributed by atoms with E-state index in [1.54, 1.807) is 6.07 Å². The zero-order valence-electron chi connectivity index (χ0n) is 11.5. The summed E-state index contributed by atoms with van der Waals surface area (Å²) in [6.45, 7) is 3.69. The molecule has 1 atom stereocenters. The van der Waals surface area contributed by atoms with Gasteiger partial charge in [0.1, 0.15) is 0 Å². The van der Waals surface area contributed by atoms with Crippen LogP contribution in [0.15, 0.2) is 18.2 Å². The second-order valence-corrected chi connectivity index (χ2v) is 6.98. The number of halogens is 1. The molecule has 4 N–H and O–H groups in total. The van der Waals surface area contributed by atoms with Gasteiger partial charge in [0.25, 0.3) is 0 Å². The minimum Gasteiger partial charge on any atom is -0.325 e. The first-order valence-corrected chi connectivity index (χ1v) is 8.21. The molecule has 0 aliphatic heterocycles. The second kappa shape index (κ2) is 6.43. The lowest BCUT2D eigenvalue weighted by molar-refractivity contribution is -0.118. The highest BCUT2D eigenvalue weighted by Gasteiger charge is 2.17. The SMILES string of the molecule is CC(C)[C@H](N)C(=O)Nc1ccc(NS(C)(=O)=O)c(Cl)c1. The third-order valence-electron chi connectivity index (χ3n) is 2.55. The maximum Gasteiger partial charge on any atom is 0.241 e. The minimum absolute atomic E-state index is 0.0108. The van der Waals surface area contributed by atoms with Crippen LogP contribution in [-0.2, 0) is 14.8 Å². The van der Waals surface area contributed by atoms with Crippen LogP contribution in [0.1, 0.15) is 13.8 Å². The Labute approximate surface area is 123 Å². The molecule has 1 aromatic rings. The van der Waals surface area contributed by atoms with Crippen molar-refractivity contribution in [1.82, 2.24) is 0 Å². The van der Waals surface area contributed by atoms with Crippen LogP contribution in [0.5, 0.6) is 0 Å². The van der Waals surface area contributed by atoms with Gasteiger partial charge in [-0.1, -0.05) is 25.4 Å². The summed E-state index contributed by atoms with van der Waals surface area (Å²) in [5.74, 6) is -0.309. The maximum atomic E-state index is 11.8. The summed E-state index contributed by atoms with van der Waals surface area (Å²) in [6, 6.07) is 3.85. The lowest BCUT2D eigenvalue weighted by atomic mass is 10.0. The fourth-order valence-electron chi connectivity index (χ4n) is 1.40. The molecule has 0 aromatic heterocycles. The lowest BCUT2D eigenvalue weighted by Crippen LogP contribution is -2.39. The zero-order chi connectivity index (χ0) is 15.5. The average Bonchev–Trinajstić information content (AvgIpc) is 2.30. The summed E-state index contributed by atoms with van der Waals surface area (Å²) < 4.78 is 24.5.